The minimum absolute atomic E-state index is 0.234. The average Bonchev–Trinajstić information content (AvgIpc) is 2.97. The zero-order valence-corrected chi connectivity index (χ0v) is 12.8. The Hall–Kier alpha value is -1.82. The van der Waals surface area contributed by atoms with E-state index < -0.39 is 18.1 Å². The van der Waals surface area contributed by atoms with Crippen LogP contribution in [-0.4, -0.2) is 51.8 Å². The maximum Gasteiger partial charge on any atom is 0.326 e. The van der Waals surface area contributed by atoms with Gasteiger partial charge >= 0.3 is 5.97 Å². The summed E-state index contributed by atoms with van der Waals surface area (Å²) in [7, 11) is 1.53. The summed E-state index contributed by atoms with van der Waals surface area (Å²) in [4.78, 5) is 29.3. The van der Waals surface area contributed by atoms with Crippen molar-refractivity contribution in [1.82, 2.24) is 4.90 Å². The third-order valence-electron chi connectivity index (χ3n) is 3.44. The Morgan fingerprint density at radius 1 is 1.43 bits per heavy atom. The number of hydrogen-bond donors (Lipinski definition) is 1. The van der Waals surface area contributed by atoms with Gasteiger partial charge < -0.3 is 10.0 Å². The van der Waals surface area contributed by atoms with Gasteiger partial charge in [-0.3, -0.25) is 9.79 Å². The maximum absolute atomic E-state index is 12.4. The summed E-state index contributed by atoms with van der Waals surface area (Å²) in [5.41, 5.74) is 0.991. The highest BCUT2D eigenvalue weighted by molar-refractivity contribution is 8.14. The number of carboxylic acids is 1. The van der Waals surface area contributed by atoms with E-state index in [4.69, 9.17) is 5.11 Å². The minimum Gasteiger partial charge on any atom is -0.480 e. The predicted molar refractivity (Wildman–Crippen MR) is 83.7 cm³/mol. The number of thioether (sulfide) groups is 1. The van der Waals surface area contributed by atoms with Gasteiger partial charge in [0.25, 0.3) is 0 Å². The molecule has 0 bridgehead atoms. The molecule has 1 N–H and O–H groups in total. The van der Waals surface area contributed by atoms with Gasteiger partial charge in [-0.15, -0.1) is 11.8 Å². The normalized spacial score (nSPS) is 19.0. The number of rotatable bonds is 5. The lowest BCUT2D eigenvalue weighted by Gasteiger charge is -2.25. The van der Waals surface area contributed by atoms with Gasteiger partial charge in [-0.1, -0.05) is 37.3 Å². The van der Waals surface area contributed by atoms with Gasteiger partial charge in [0.05, 0.1) is 5.04 Å². The van der Waals surface area contributed by atoms with Crippen LogP contribution in [0, 0.1) is 0 Å². The second-order valence-electron chi connectivity index (χ2n) is 4.84. The fraction of sp³-hybridized carbons (Fsp3) is 0.400. The molecule has 1 amide bonds. The number of aliphatic imine (C=N–C) groups is 1. The van der Waals surface area contributed by atoms with Crippen molar-refractivity contribution in [3.63, 3.8) is 0 Å². The third-order valence-corrected chi connectivity index (χ3v) is 4.54. The van der Waals surface area contributed by atoms with Crippen LogP contribution >= 0.6 is 11.8 Å². The van der Waals surface area contributed by atoms with Crippen LogP contribution in [0.3, 0.4) is 0 Å². The molecule has 0 aliphatic carbocycles. The Labute approximate surface area is 128 Å². The van der Waals surface area contributed by atoms with Crippen LogP contribution in [0.2, 0.25) is 0 Å². The second kappa shape index (κ2) is 6.76. The summed E-state index contributed by atoms with van der Waals surface area (Å²) in [6.07, 6.45) is 0.382. The number of aliphatic carboxylic acids is 1. The molecule has 1 aliphatic rings. The largest absolute Gasteiger partial charge is 0.480 e. The molecule has 1 aliphatic heterocycles. The van der Waals surface area contributed by atoms with E-state index in [2.05, 4.69) is 4.99 Å². The lowest BCUT2D eigenvalue weighted by atomic mass is 10.1. The summed E-state index contributed by atoms with van der Waals surface area (Å²) in [6.45, 7) is 1.75. The molecule has 0 radical (unpaired) electrons. The molecule has 2 unspecified atom stereocenters. The van der Waals surface area contributed by atoms with Crippen LogP contribution in [0.5, 0.6) is 0 Å². The zero-order chi connectivity index (χ0) is 15.4. The number of amides is 1. The van der Waals surface area contributed by atoms with Crippen molar-refractivity contribution in [1.29, 1.82) is 0 Å². The Kier molecular flexibility index (Phi) is 5.01. The fourth-order valence-electron chi connectivity index (χ4n) is 2.24. The number of carboxylic acid groups (broad SMARTS) is 1. The van der Waals surface area contributed by atoms with E-state index in [0.29, 0.717) is 12.2 Å². The molecular weight excluding hydrogens is 288 g/mol. The van der Waals surface area contributed by atoms with Crippen LogP contribution in [0.4, 0.5) is 0 Å². The van der Waals surface area contributed by atoms with Crippen LogP contribution in [-0.2, 0) is 9.59 Å². The van der Waals surface area contributed by atoms with Crippen molar-refractivity contribution < 1.29 is 14.7 Å². The highest BCUT2D eigenvalue weighted by Gasteiger charge is 2.32. The van der Waals surface area contributed by atoms with Crippen molar-refractivity contribution in [2.75, 3.05) is 12.8 Å². The zero-order valence-electron chi connectivity index (χ0n) is 12.0. The molecular formula is C15H18N2O3S. The molecule has 1 heterocycles. The van der Waals surface area contributed by atoms with Crippen molar-refractivity contribution in [2.24, 2.45) is 4.99 Å². The van der Waals surface area contributed by atoms with Gasteiger partial charge in [0.1, 0.15) is 12.1 Å². The first-order chi connectivity index (χ1) is 10.0. The van der Waals surface area contributed by atoms with Gasteiger partial charge in [0.2, 0.25) is 5.91 Å². The summed E-state index contributed by atoms with van der Waals surface area (Å²) in [5, 5.41) is 9.97. The molecule has 6 heteroatoms. The molecule has 0 saturated heterocycles. The fourth-order valence-corrected chi connectivity index (χ4v) is 3.28. The van der Waals surface area contributed by atoms with Gasteiger partial charge in [0, 0.05) is 18.4 Å². The van der Waals surface area contributed by atoms with Crippen LogP contribution in [0.25, 0.3) is 0 Å². The van der Waals surface area contributed by atoms with Gasteiger partial charge in [0.15, 0.2) is 0 Å². The van der Waals surface area contributed by atoms with Crippen LogP contribution < -0.4 is 0 Å². The Morgan fingerprint density at radius 3 is 2.67 bits per heavy atom. The van der Waals surface area contributed by atoms with Crippen LogP contribution in [0.1, 0.15) is 18.9 Å². The van der Waals surface area contributed by atoms with E-state index in [0.717, 1.165) is 10.6 Å². The van der Waals surface area contributed by atoms with E-state index in [-0.39, 0.29) is 5.91 Å². The maximum atomic E-state index is 12.4. The highest BCUT2D eigenvalue weighted by Crippen LogP contribution is 2.24. The summed E-state index contributed by atoms with van der Waals surface area (Å²) >= 11 is 1.53. The molecule has 1 aromatic carbocycles. The van der Waals surface area contributed by atoms with Crippen molar-refractivity contribution >= 4 is 28.7 Å². The van der Waals surface area contributed by atoms with Gasteiger partial charge in [-0.05, 0) is 6.42 Å². The number of likely N-dealkylation sites (N-methyl/N-ethyl adjacent to an activating group) is 1. The van der Waals surface area contributed by atoms with E-state index in [1.165, 1.54) is 23.7 Å². The predicted octanol–water partition coefficient (Wildman–Crippen LogP) is 1.87. The Balaban J connectivity index is 2.11. The van der Waals surface area contributed by atoms with Gasteiger partial charge in [-0.25, -0.2) is 4.79 Å². The smallest absolute Gasteiger partial charge is 0.326 e. The first-order valence-electron chi connectivity index (χ1n) is 6.80. The number of carbonyl (C=O) groups excluding carboxylic acids is 1. The molecule has 2 rings (SSSR count). The van der Waals surface area contributed by atoms with E-state index in [1.807, 2.05) is 30.3 Å². The number of hydrogen-bond acceptors (Lipinski definition) is 4. The summed E-state index contributed by atoms with van der Waals surface area (Å²) in [5.74, 6) is -0.655. The molecule has 112 valence electrons. The molecule has 0 spiro atoms. The molecule has 2 atom stereocenters. The minimum atomic E-state index is -0.980. The Morgan fingerprint density at radius 2 is 2.10 bits per heavy atom. The standard InChI is InChI=1S/C15H18N2O3S/c1-3-12(15(19)20)17(2)14(18)11-9-21-13(16-11)10-7-5-4-6-8-10/h4-8,11-12H,3,9H2,1-2H3,(H,19,20). The SMILES string of the molecule is CCC(C(=O)O)N(C)C(=O)C1CSC(c2ccccc2)=N1. The average molecular weight is 306 g/mol. The number of carbonyl (C=O) groups is 2. The molecule has 0 saturated carbocycles. The first kappa shape index (κ1) is 15.6. The quantitative estimate of drug-likeness (QED) is 0.901. The third kappa shape index (κ3) is 3.44. The van der Waals surface area contributed by atoms with Crippen molar-refractivity contribution in [3.05, 3.63) is 35.9 Å². The second-order valence-corrected chi connectivity index (χ2v) is 5.85. The van der Waals surface area contributed by atoms with E-state index in [9.17, 15) is 9.59 Å². The van der Waals surface area contributed by atoms with E-state index in [1.54, 1.807) is 6.92 Å². The monoisotopic (exact) mass is 306 g/mol. The molecule has 1 aromatic rings. The number of benzene rings is 1. The van der Waals surface area contributed by atoms with Crippen molar-refractivity contribution in [3.8, 4) is 0 Å². The molecule has 0 fully saturated rings. The summed E-state index contributed by atoms with van der Waals surface area (Å²) < 4.78 is 0. The summed E-state index contributed by atoms with van der Waals surface area (Å²) in [6, 6.07) is 8.40. The number of nitrogens with zero attached hydrogens (tertiary/aromatic N) is 2. The van der Waals surface area contributed by atoms with E-state index >= 15 is 0 Å². The van der Waals surface area contributed by atoms with Crippen LogP contribution in [0.15, 0.2) is 35.3 Å². The van der Waals surface area contributed by atoms with Crippen molar-refractivity contribution in [2.45, 2.75) is 25.4 Å². The molecule has 21 heavy (non-hydrogen) atoms. The Bertz CT molecular complexity index is 559. The first-order valence-corrected chi connectivity index (χ1v) is 7.78. The lowest BCUT2D eigenvalue weighted by molar-refractivity contribution is -0.149. The lowest BCUT2D eigenvalue weighted by Crippen LogP contribution is -2.46. The molecule has 5 nitrogen and oxygen atoms in total. The highest BCUT2D eigenvalue weighted by atomic mass is 32.2. The molecule has 0 aromatic heterocycles. The van der Waals surface area contributed by atoms with Gasteiger partial charge in [-0.2, -0.15) is 0 Å². The topological polar surface area (TPSA) is 70.0 Å².